The molecular formula is C28H62O4PS+. The smallest absolute Gasteiger partial charge is 0.264 e. The lowest BCUT2D eigenvalue weighted by molar-refractivity contribution is 0.381. The van der Waals surface area contributed by atoms with E-state index in [1.807, 2.05) is 0 Å². The van der Waals surface area contributed by atoms with Gasteiger partial charge in [0.2, 0.25) is 0 Å². The summed E-state index contributed by atoms with van der Waals surface area (Å²) in [6.45, 7) is 9.48. The molecule has 6 heteroatoms. The van der Waals surface area contributed by atoms with Gasteiger partial charge in [-0.05, 0) is 32.1 Å². The third-order valence-corrected chi connectivity index (χ3v) is 12.0. The standard InChI is InChI=1S/C28H60P.H2O4S/c1-5-9-13-14-15-16-17-18-19-20-21-22-23-24-28-29(25-10-6-2,26-11-7-3)27-12-8-4;1-5(2,3)4/h5-28H2,1-4H3;(H2,1,2,3,4)/q+1;. The van der Waals surface area contributed by atoms with Gasteiger partial charge >= 0.3 is 10.4 Å². The Kier molecular flexibility index (Phi) is 28.3. The maximum Gasteiger partial charge on any atom is 0.394 e. The number of hydrogen-bond acceptors (Lipinski definition) is 2. The summed E-state index contributed by atoms with van der Waals surface area (Å²) in [4.78, 5) is 0. The zero-order valence-corrected chi connectivity index (χ0v) is 25.2. The Labute approximate surface area is 215 Å². The molecule has 0 fully saturated rings. The van der Waals surface area contributed by atoms with Gasteiger partial charge in [0, 0.05) is 7.26 Å². The van der Waals surface area contributed by atoms with Crippen LogP contribution in [0.1, 0.15) is 156 Å². The molecule has 0 spiro atoms. The van der Waals surface area contributed by atoms with Gasteiger partial charge in [-0.3, -0.25) is 9.11 Å². The average Bonchev–Trinajstić information content (AvgIpc) is 2.78. The SMILES string of the molecule is CCCCCCCCCCCCCCCC[P+](CCCC)(CCCC)CCCC.O=S(=O)(O)O. The first-order chi connectivity index (χ1) is 16.2. The molecule has 0 aliphatic carbocycles. The van der Waals surface area contributed by atoms with E-state index in [1.165, 1.54) is 122 Å². The Balaban J connectivity index is 0. The van der Waals surface area contributed by atoms with E-state index in [4.69, 9.17) is 17.5 Å². The highest BCUT2D eigenvalue weighted by Gasteiger charge is 2.34. The highest BCUT2D eigenvalue weighted by atomic mass is 32.3. The van der Waals surface area contributed by atoms with Gasteiger partial charge in [-0.15, -0.1) is 0 Å². The molecule has 0 saturated heterocycles. The summed E-state index contributed by atoms with van der Waals surface area (Å²) >= 11 is 0. The third kappa shape index (κ3) is 30.3. The van der Waals surface area contributed by atoms with Crippen molar-refractivity contribution in [3.63, 3.8) is 0 Å². The second-order valence-corrected chi connectivity index (χ2v) is 15.7. The van der Waals surface area contributed by atoms with Crippen molar-refractivity contribution in [2.24, 2.45) is 0 Å². The molecule has 0 bridgehead atoms. The van der Waals surface area contributed by atoms with Gasteiger partial charge in [0.15, 0.2) is 0 Å². The van der Waals surface area contributed by atoms with Crippen molar-refractivity contribution in [2.75, 3.05) is 24.6 Å². The molecular weight excluding hydrogens is 463 g/mol. The van der Waals surface area contributed by atoms with Crippen molar-refractivity contribution in [1.29, 1.82) is 0 Å². The van der Waals surface area contributed by atoms with E-state index in [-0.39, 0.29) is 0 Å². The van der Waals surface area contributed by atoms with E-state index in [2.05, 4.69) is 27.7 Å². The molecule has 0 aliphatic heterocycles. The lowest BCUT2D eigenvalue weighted by atomic mass is 10.0. The average molecular weight is 526 g/mol. The lowest BCUT2D eigenvalue weighted by Crippen LogP contribution is -2.13. The van der Waals surface area contributed by atoms with Crippen LogP contribution < -0.4 is 0 Å². The first-order valence-electron chi connectivity index (χ1n) is 14.8. The van der Waals surface area contributed by atoms with Crippen molar-refractivity contribution in [3.05, 3.63) is 0 Å². The van der Waals surface area contributed by atoms with Gasteiger partial charge in [-0.1, -0.05) is 124 Å². The van der Waals surface area contributed by atoms with Gasteiger partial charge in [0.25, 0.3) is 0 Å². The molecule has 4 nitrogen and oxygen atoms in total. The third-order valence-electron chi connectivity index (χ3n) is 6.94. The minimum atomic E-state index is -4.67. The Morgan fingerprint density at radius 3 is 0.882 bits per heavy atom. The van der Waals surface area contributed by atoms with Gasteiger partial charge in [0.1, 0.15) is 0 Å². The van der Waals surface area contributed by atoms with E-state index in [0.29, 0.717) is 0 Å². The van der Waals surface area contributed by atoms with Crippen LogP contribution in [0.15, 0.2) is 0 Å². The topological polar surface area (TPSA) is 74.6 Å². The fraction of sp³-hybridized carbons (Fsp3) is 1.00. The second-order valence-electron chi connectivity index (χ2n) is 10.3. The minimum absolute atomic E-state index is 0.630. The van der Waals surface area contributed by atoms with Crippen LogP contribution in [0, 0.1) is 0 Å². The molecule has 0 aromatic heterocycles. The Morgan fingerprint density at radius 2 is 0.618 bits per heavy atom. The summed E-state index contributed by atoms with van der Waals surface area (Å²) < 4.78 is 31.6. The molecule has 208 valence electrons. The Morgan fingerprint density at radius 1 is 0.412 bits per heavy atom. The van der Waals surface area contributed by atoms with Crippen molar-refractivity contribution in [3.8, 4) is 0 Å². The molecule has 0 unspecified atom stereocenters. The number of hydrogen-bond donors (Lipinski definition) is 2. The van der Waals surface area contributed by atoms with Gasteiger partial charge in [-0.2, -0.15) is 8.42 Å². The van der Waals surface area contributed by atoms with Crippen molar-refractivity contribution < 1.29 is 17.5 Å². The van der Waals surface area contributed by atoms with E-state index in [1.54, 1.807) is 31.1 Å². The summed E-state index contributed by atoms with van der Waals surface area (Å²) in [5, 5.41) is 0. The minimum Gasteiger partial charge on any atom is -0.264 e. The van der Waals surface area contributed by atoms with Gasteiger partial charge < -0.3 is 0 Å². The normalized spacial score (nSPS) is 11.9. The van der Waals surface area contributed by atoms with Crippen molar-refractivity contribution >= 4 is 17.7 Å². The molecule has 0 heterocycles. The maximum absolute atomic E-state index is 8.74. The summed E-state index contributed by atoms with van der Waals surface area (Å²) in [6, 6.07) is 0. The molecule has 0 aliphatic rings. The van der Waals surface area contributed by atoms with Crippen LogP contribution in [0.25, 0.3) is 0 Å². The molecule has 0 atom stereocenters. The molecule has 34 heavy (non-hydrogen) atoms. The van der Waals surface area contributed by atoms with Crippen LogP contribution >= 0.6 is 7.26 Å². The van der Waals surface area contributed by atoms with Crippen LogP contribution in [-0.4, -0.2) is 42.2 Å². The second kappa shape index (κ2) is 26.4. The molecule has 0 aromatic carbocycles. The zero-order valence-electron chi connectivity index (χ0n) is 23.5. The van der Waals surface area contributed by atoms with Crippen molar-refractivity contribution in [2.45, 2.75) is 156 Å². The molecule has 0 radical (unpaired) electrons. The molecule has 2 N–H and O–H groups in total. The van der Waals surface area contributed by atoms with Gasteiger partial charge in [0.05, 0.1) is 24.6 Å². The fourth-order valence-electron chi connectivity index (χ4n) is 4.79. The van der Waals surface area contributed by atoms with Crippen molar-refractivity contribution in [1.82, 2.24) is 0 Å². The van der Waals surface area contributed by atoms with Crippen LogP contribution in [0.2, 0.25) is 0 Å². The predicted octanol–water partition coefficient (Wildman–Crippen LogP) is 10.2. The van der Waals surface area contributed by atoms with Crippen LogP contribution in [0.5, 0.6) is 0 Å². The Hall–Kier alpha value is 0.300. The number of rotatable bonds is 24. The molecule has 0 amide bonds. The van der Waals surface area contributed by atoms with Crippen LogP contribution in [-0.2, 0) is 10.4 Å². The quantitative estimate of drug-likeness (QED) is 0.0746. The zero-order chi connectivity index (χ0) is 26.0. The number of unbranched alkanes of at least 4 members (excludes halogenated alkanes) is 16. The van der Waals surface area contributed by atoms with Crippen LogP contribution in [0.3, 0.4) is 0 Å². The van der Waals surface area contributed by atoms with E-state index < -0.39 is 17.7 Å². The maximum atomic E-state index is 8.74. The highest BCUT2D eigenvalue weighted by Crippen LogP contribution is 2.61. The summed E-state index contributed by atoms with van der Waals surface area (Å²) in [5.41, 5.74) is 0. The summed E-state index contributed by atoms with van der Waals surface area (Å²) in [5.74, 6) is 0. The van der Waals surface area contributed by atoms with E-state index in [9.17, 15) is 0 Å². The largest absolute Gasteiger partial charge is 0.394 e. The van der Waals surface area contributed by atoms with Gasteiger partial charge in [-0.25, -0.2) is 0 Å². The predicted molar refractivity (Wildman–Crippen MR) is 156 cm³/mol. The first kappa shape index (κ1) is 36.5. The van der Waals surface area contributed by atoms with Crippen LogP contribution in [0.4, 0.5) is 0 Å². The Bertz CT molecular complexity index is 467. The first-order valence-corrected chi connectivity index (χ1v) is 18.7. The summed E-state index contributed by atoms with van der Waals surface area (Å²) in [7, 11) is -5.30. The lowest BCUT2D eigenvalue weighted by Gasteiger charge is -2.28. The molecule has 0 aromatic rings. The summed E-state index contributed by atoms with van der Waals surface area (Å²) in [6.07, 6.45) is 36.0. The monoisotopic (exact) mass is 525 g/mol. The van der Waals surface area contributed by atoms with E-state index >= 15 is 0 Å². The van der Waals surface area contributed by atoms with E-state index in [0.717, 1.165) is 0 Å². The molecule has 0 saturated carbocycles. The molecule has 0 rings (SSSR count). The fourth-order valence-corrected chi connectivity index (χ4v) is 9.99. The highest BCUT2D eigenvalue weighted by molar-refractivity contribution is 7.79.